The van der Waals surface area contributed by atoms with E-state index in [1.165, 1.54) is 11.8 Å². The van der Waals surface area contributed by atoms with Crippen molar-refractivity contribution in [1.82, 2.24) is 5.32 Å². The van der Waals surface area contributed by atoms with Gasteiger partial charge in [0.25, 0.3) is 0 Å². The number of thioether (sulfide) groups is 1. The first-order valence-electron chi connectivity index (χ1n) is 5.46. The largest absolute Gasteiger partial charge is 0.317 e. The monoisotopic (exact) mass is 303 g/mol. The average Bonchev–Trinajstić information content (AvgIpc) is 2.30. The highest BCUT2D eigenvalue weighted by Crippen LogP contribution is 2.34. The van der Waals surface area contributed by atoms with Crippen LogP contribution in [0.2, 0.25) is 0 Å². The normalized spacial score (nSPS) is 17.7. The molecule has 0 atom stereocenters. The van der Waals surface area contributed by atoms with Gasteiger partial charge in [-0.1, -0.05) is 0 Å². The number of halogens is 2. The third-order valence-corrected chi connectivity index (χ3v) is 4.75. The third-order valence-electron chi connectivity index (χ3n) is 3.04. The van der Waals surface area contributed by atoms with Gasteiger partial charge in [0, 0.05) is 4.47 Å². The lowest BCUT2D eigenvalue weighted by atomic mass is 9.90. The summed E-state index contributed by atoms with van der Waals surface area (Å²) in [6, 6.07) is 3.78. The molecule has 2 rings (SSSR count). The van der Waals surface area contributed by atoms with Crippen molar-refractivity contribution < 1.29 is 4.39 Å². The molecule has 1 fully saturated rings. The van der Waals surface area contributed by atoms with E-state index in [4.69, 9.17) is 0 Å². The minimum absolute atomic E-state index is 0.101. The molecule has 0 aromatic heterocycles. The summed E-state index contributed by atoms with van der Waals surface area (Å²) >= 11 is 4.89. The van der Waals surface area contributed by atoms with Crippen molar-refractivity contribution in [2.24, 2.45) is 0 Å². The molecule has 0 aliphatic carbocycles. The van der Waals surface area contributed by atoms with Gasteiger partial charge in [0.15, 0.2) is 0 Å². The van der Waals surface area contributed by atoms with Crippen molar-refractivity contribution in [3.8, 4) is 0 Å². The number of hydrogen-bond donors (Lipinski definition) is 1. The molecule has 1 aromatic rings. The minimum Gasteiger partial charge on any atom is -0.317 e. The molecule has 0 unspecified atom stereocenters. The molecule has 1 aromatic carbocycles. The summed E-state index contributed by atoms with van der Waals surface area (Å²) in [5.41, 5.74) is 1.13. The molecule has 4 heteroatoms. The number of nitrogens with one attached hydrogen (secondary N) is 1. The zero-order valence-corrected chi connectivity index (χ0v) is 11.6. The van der Waals surface area contributed by atoms with Gasteiger partial charge in [0.1, 0.15) is 5.82 Å². The van der Waals surface area contributed by atoms with E-state index in [0.717, 1.165) is 36.0 Å². The lowest BCUT2D eigenvalue weighted by molar-refractivity contribution is 0.457. The van der Waals surface area contributed by atoms with Crippen molar-refractivity contribution in [1.29, 1.82) is 0 Å². The molecule has 0 bridgehead atoms. The predicted molar refractivity (Wildman–Crippen MR) is 70.7 cm³/mol. The van der Waals surface area contributed by atoms with Gasteiger partial charge in [-0.15, -0.1) is 11.8 Å². The number of rotatable bonds is 2. The maximum absolute atomic E-state index is 13.8. The van der Waals surface area contributed by atoms with E-state index < -0.39 is 0 Å². The standard InChI is InChI=1S/C12H15BrFNS/c1-16-12-10(13)6-9(7-11(12)14)8-2-4-15-5-3-8/h6-8,15H,2-5H2,1H3. The highest BCUT2D eigenvalue weighted by atomic mass is 79.9. The third kappa shape index (κ3) is 2.60. The number of piperidine rings is 1. The van der Waals surface area contributed by atoms with Gasteiger partial charge in [0.2, 0.25) is 0 Å². The van der Waals surface area contributed by atoms with E-state index in [1.807, 2.05) is 6.26 Å². The first-order valence-corrected chi connectivity index (χ1v) is 7.48. The van der Waals surface area contributed by atoms with Crippen molar-refractivity contribution in [2.45, 2.75) is 23.7 Å². The second kappa shape index (κ2) is 5.52. The first-order chi connectivity index (χ1) is 7.72. The van der Waals surface area contributed by atoms with E-state index in [0.29, 0.717) is 10.8 Å². The topological polar surface area (TPSA) is 12.0 Å². The lowest BCUT2D eigenvalue weighted by Gasteiger charge is -2.23. The number of benzene rings is 1. The van der Waals surface area contributed by atoms with Crippen molar-refractivity contribution in [2.75, 3.05) is 19.3 Å². The van der Waals surface area contributed by atoms with Crippen LogP contribution >= 0.6 is 27.7 Å². The summed E-state index contributed by atoms with van der Waals surface area (Å²) < 4.78 is 14.7. The Balaban J connectivity index is 2.28. The van der Waals surface area contributed by atoms with E-state index in [2.05, 4.69) is 27.3 Å². The van der Waals surface area contributed by atoms with Gasteiger partial charge in [-0.25, -0.2) is 4.39 Å². The highest BCUT2D eigenvalue weighted by molar-refractivity contribution is 9.10. The fraction of sp³-hybridized carbons (Fsp3) is 0.500. The van der Waals surface area contributed by atoms with Crippen LogP contribution in [0.5, 0.6) is 0 Å². The van der Waals surface area contributed by atoms with E-state index in [-0.39, 0.29) is 5.82 Å². The van der Waals surface area contributed by atoms with Gasteiger partial charge in [-0.05, 0) is 71.7 Å². The van der Waals surface area contributed by atoms with Gasteiger partial charge >= 0.3 is 0 Å². The molecule has 0 spiro atoms. The fourth-order valence-electron chi connectivity index (χ4n) is 2.17. The Bertz CT molecular complexity index is 354. The summed E-state index contributed by atoms with van der Waals surface area (Å²) in [6.07, 6.45) is 4.10. The number of hydrogen-bond acceptors (Lipinski definition) is 2. The molecule has 0 amide bonds. The molecule has 88 valence electrons. The molecule has 1 N–H and O–H groups in total. The van der Waals surface area contributed by atoms with Crippen LogP contribution in [0.4, 0.5) is 4.39 Å². The Morgan fingerprint density at radius 2 is 2.06 bits per heavy atom. The molecule has 0 radical (unpaired) electrons. The molecule has 1 saturated heterocycles. The SMILES string of the molecule is CSc1c(F)cc(C2CCNCC2)cc1Br. The average molecular weight is 304 g/mol. The smallest absolute Gasteiger partial charge is 0.138 e. The van der Waals surface area contributed by atoms with Gasteiger partial charge < -0.3 is 5.32 Å². The van der Waals surface area contributed by atoms with Crippen LogP contribution in [0.15, 0.2) is 21.5 Å². The summed E-state index contributed by atoms with van der Waals surface area (Å²) in [6.45, 7) is 2.07. The lowest BCUT2D eigenvalue weighted by Crippen LogP contribution is -2.26. The summed E-state index contributed by atoms with van der Waals surface area (Å²) in [4.78, 5) is 0.706. The van der Waals surface area contributed by atoms with Crippen LogP contribution in [0.3, 0.4) is 0 Å². The zero-order valence-electron chi connectivity index (χ0n) is 9.22. The molecule has 1 nitrogen and oxygen atoms in total. The van der Waals surface area contributed by atoms with Gasteiger partial charge in [-0.3, -0.25) is 0 Å². The highest BCUT2D eigenvalue weighted by Gasteiger charge is 2.18. The van der Waals surface area contributed by atoms with Crippen LogP contribution in [0, 0.1) is 5.82 Å². The van der Waals surface area contributed by atoms with Gasteiger partial charge in [-0.2, -0.15) is 0 Å². The summed E-state index contributed by atoms with van der Waals surface area (Å²) in [7, 11) is 0. The van der Waals surface area contributed by atoms with Crippen LogP contribution in [0.25, 0.3) is 0 Å². The summed E-state index contributed by atoms with van der Waals surface area (Å²) in [5.74, 6) is 0.401. The maximum atomic E-state index is 13.8. The Morgan fingerprint density at radius 3 is 2.62 bits per heavy atom. The van der Waals surface area contributed by atoms with E-state index >= 15 is 0 Å². The van der Waals surface area contributed by atoms with Crippen molar-refractivity contribution in [3.05, 3.63) is 28.0 Å². The summed E-state index contributed by atoms with van der Waals surface area (Å²) in [5, 5.41) is 3.33. The molecule has 16 heavy (non-hydrogen) atoms. The predicted octanol–water partition coefficient (Wildman–Crippen LogP) is 3.78. The van der Waals surface area contributed by atoms with E-state index in [1.54, 1.807) is 6.07 Å². The Kier molecular flexibility index (Phi) is 4.27. The van der Waals surface area contributed by atoms with Crippen molar-refractivity contribution >= 4 is 27.7 Å². The maximum Gasteiger partial charge on any atom is 0.138 e. The first kappa shape index (κ1) is 12.4. The fourth-order valence-corrected chi connectivity index (χ4v) is 3.61. The zero-order chi connectivity index (χ0) is 11.5. The second-order valence-corrected chi connectivity index (χ2v) is 5.71. The van der Waals surface area contributed by atoms with Crippen LogP contribution < -0.4 is 5.32 Å². The molecular formula is C12H15BrFNS. The Hall–Kier alpha value is -0.0600. The Labute approximate surface area is 108 Å². The minimum atomic E-state index is -0.101. The van der Waals surface area contributed by atoms with Crippen LogP contribution in [0.1, 0.15) is 24.3 Å². The quantitative estimate of drug-likeness (QED) is 0.835. The molecule has 1 aliphatic rings. The van der Waals surface area contributed by atoms with Crippen molar-refractivity contribution in [3.63, 3.8) is 0 Å². The van der Waals surface area contributed by atoms with Crippen LogP contribution in [-0.4, -0.2) is 19.3 Å². The molecule has 1 heterocycles. The molecule has 0 saturated carbocycles. The second-order valence-electron chi connectivity index (χ2n) is 4.04. The van der Waals surface area contributed by atoms with E-state index in [9.17, 15) is 4.39 Å². The molecular weight excluding hydrogens is 289 g/mol. The Morgan fingerprint density at radius 1 is 1.38 bits per heavy atom. The molecule has 1 aliphatic heterocycles. The van der Waals surface area contributed by atoms with Gasteiger partial charge in [0.05, 0.1) is 4.90 Å². The van der Waals surface area contributed by atoms with Crippen LogP contribution in [-0.2, 0) is 0 Å².